The van der Waals surface area contributed by atoms with Crippen molar-refractivity contribution in [3.05, 3.63) is 53.3 Å². The lowest BCUT2D eigenvalue weighted by atomic mass is 10.1. The number of hydrogen-bond acceptors (Lipinski definition) is 3. The van der Waals surface area contributed by atoms with Crippen molar-refractivity contribution in [1.29, 1.82) is 0 Å². The first kappa shape index (κ1) is 15.7. The van der Waals surface area contributed by atoms with Gasteiger partial charge in [0.05, 0.1) is 0 Å². The Hall–Kier alpha value is -2.14. The summed E-state index contributed by atoms with van der Waals surface area (Å²) in [4.78, 5) is 16.8. The van der Waals surface area contributed by atoms with Crippen molar-refractivity contribution in [3.8, 4) is 0 Å². The Bertz CT molecular complexity index is 671. The average Bonchev–Trinajstić information content (AvgIpc) is 2.95. The number of nitrogens with zero attached hydrogens (tertiary/aromatic N) is 4. The number of carbonyl (C=O) groups excluding carboxylic acids is 1. The zero-order chi connectivity index (χ0) is 16.2. The quantitative estimate of drug-likeness (QED) is 0.865. The largest absolute Gasteiger partial charge is 0.339 e. The van der Waals surface area contributed by atoms with Gasteiger partial charge in [0.1, 0.15) is 6.54 Å². The Morgan fingerprint density at radius 3 is 2.48 bits per heavy atom. The number of rotatable bonds is 4. The van der Waals surface area contributed by atoms with E-state index in [4.69, 9.17) is 0 Å². The fourth-order valence-corrected chi connectivity index (χ4v) is 2.98. The van der Waals surface area contributed by atoms with Gasteiger partial charge in [-0.3, -0.25) is 14.4 Å². The van der Waals surface area contributed by atoms with Crippen LogP contribution in [-0.4, -0.2) is 51.7 Å². The summed E-state index contributed by atoms with van der Waals surface area (Å²) in [6.45, 7) is 8.89. The van der Waals surface area contributed by atoms with Crippen molar-refractivity contribution in [2.45, 2.75) is 26.9 Å². The van der Waals surface area contributed by atoms with Crippen LogP contribution >= 0.6 is 0 Å². The maximum absolute atomic E-state index is 12.4. The summed E-state index contributed by atoms with van der Waals surface area (Å²) >= 11 is 0. The monoisotopic (exact) mass is 312 g/mol. The number of benzene rings is 1. The van der Waals surface area contributed by atoms with Crippen molar-refractivity contribution in [2.75, 3.05) is 26.2 Å². The van der Waals surface area contributed by atoms with Gasteiger partial charge in [-0.25, -0.2) is 0 Å². The van der Waals surface area contributed by atoms with Crippen molar-refractivity contribution >= 4 is 5.91 Å². The zero-order valence-electron chi connectivity index (χ0n) is 13.9. The molecule has 1 aromatic heterocycles. The van der Waals surface area contributed by atoms with Crippen molar-refractivity contribution in [3.63, 3.8) is 0 Å². The average molecular weight is 312 g/mol. The lowest BCUT2D eigenvalue weighted by Gasteiger charge is -2.35. The highest BCUT2D eigenvalue weighted by atomic mass is 16.2. The predicted molar refractivity (Wildman–Crippen MR) is 90.0 cm³/mol. The highest BCUT2D eigenvalue weighted by Gasteiger charge is 2.21. The number of carbonyl (C=O) groups is 1. The van der Waals surface area contributed by atoms with E-state index in [-0.39, 0.29) is 5.91 Å². The standard InChI is InChI=1S/C18H24N4O/c1-15-5-3-4-6-17(15)13-20-9-11-21(12-10-20)18(23)14-22-16(2)7-8-19-22/h3-8H,9-14H2,1-2H3. The first-order valence-corrected chi connectivity index (χ1v) is 8.16. The molecule has 1 aliphatic rings. The molecule has 1 saturated heterocycles. The summed E-state index contributed by atoms with van der Waals surface area (Å²) in [6, 6.07) is 10.4. The van der Waals surface area contributed by atoms with E-state index < -0.39 is 0 Å². The Labute approximate surface area is 137 Å². The van der Waals surface area contributed by atoms with Crippen LogP contribution in [-0.2, 0) is 17.9 Å². The van der Waals surface area contributed by atoms with E-state index in [2.05, 4.69) is 41.2 Å². The van der Waals surface area contributed by atoms with E-state index in [1.54, 1.807) is 10.9 Å². The molecular weight excluding hydrogens is 288 g/mol. The van der Waals surface area contributed by atoms with Crippen LogP contribution in [0.1, 0.15) is 16.8 Å². The molecular formula is C18H24N4O. The maximum atomic E-state index is 12.4. The number of amides is 1. The lowest BCUT2D eigenvalue weighted by molar-refractivity contribution is -0.133. The highest BCUT2D eigenvalue weighted by Crippen LogP contribution is 2.13. The van der Waals surface area contributed by atoms with E-state index >= 15 is 0 Å². The van der Waals surface area contributed by atoms with Crippen molar-refractivity contribution < 1.29 is 4.79 Å². The molecule has 0 N–H and O–H groups in total. The van der Waals surface area contributed by atoms with E-state index in [1.165, 1.54) is 11.1 Å². The molecule has 5 heteroatoms. The van der Waals surface area contributed by atoms with Gasteiger partial charge < -0.3 is 4.90 Å². The topological polar surface area (TPSA) is 41.4 Å². The van der Waals surface area contributed by atoms with Crippen LogP contribution in [0.4, 0.5) is 0 Å². The maximum Gasteiger partial charge on any atom is 0.244 e. The number of piperazine rings is 1. The second kappa shape index (κ2) is 6.96. The SMILES string of the molecule is Cc1ccccc1CN1CCN(C(=O)Cn2nccc2C)CC1. The Morgan fingerprint density at radius 2 is 1.83 bits per heavy atom. The molecule has 0 spiro atoms. The molecule has 23 heavy (non-hydrogen) atoms. The highest BCUT2D eigenvalue weighted by molar-refractivity contribution is 5.76. The fraction of sp³-hybridized carbons (Fsp3) is 0.444. The molecule has 122 valence electrons. The molecule has 1 amide bonds. The van der Waals surface area contributed by atoms with Gasteiger partial charge in [-0.2, -0.15) is 5.10 Å². The molecule has 2 aromatic rings. The molecule has 0 aliphatic carbocycles. The summed E-state index contributed by atoms with van der Waals surface area (Å²) in [6.07, 6.45) is 1.74. The molecule has 0 saturated carbocycles. The van der Waals surface area contributed by atoms with Crippen LogP contribution in [0.25, 0.3) is 0 Å². The third-order valence-corrected chi connectivity index (χ3v) is 4.59. The first-order chi connectivity index (χ1) is 11.1. The Kier molecular flexibility index (Phi) is 4.76. The number of hydrogen-bond donors (Lipinski definition) is 0. The summed E-state index contributed by atoms with van der Waals surface area (Å²) in [7, 11) is 0. The third kappa shape index (κ3) is 3.79. The van der Waals surface area contributed by atoms with Gasteiger partial charge in [-0.15, -0.1) is 0 Å². The van der Waals surface area contributed by atoms with E-state index in [9.17, 15) is 4.79 Å². The minimum Gasteiger partial charge on any atom is -0.339 e. The van der Waals surface area contributed by atoms with Crippen LogP contribution in [0.2, 0.25) is 0 Å². The van der Waals surface area contributed by atoms with Crippen LogP contribution in [0, 0.1) is 13.8 Å². The predicted octanol–water partition coefficient (Wildman–Crippen LogP) is 1.84. The van der Waals surface area contributed by atoms with Gasteiger partial charge in [0.2, 0.25) is 5.91 Å². The lowest BCUT2D eigenvalue weighted by Crippen LogP contribution is -2.49. The minimum atomic E-state index is 0.160. The Balaban J connectivity index is 1.51. The molecule has 1 fully saturated rings. The van der Waals surface area contributed by atoms with Crippen molar-refractivity contribution in [2.24, 2.45) is 0 Å². The van der Waals surface area contributed by atoms with Gasteiger partial charge in [0, 0.05) is 44.6 Å². The summed E-state index contributed by atoms with van der Waals surface area (Å²) < 4.78 is 1.77. The molecule has 2 heterocycles. The van der Waals surface area contributed by atoms with Crippen LogP contribution in [0.3, 0.4) is 0 Å². The van der Waals surface area contributed by atoms with Crippen molar-refractivity contribution in [1.82, 2.24) is 19.6 Å². The number of aryl methyl sites for hydroxylation is 2. The van der Waals surface area contributed by atoms with Crippen LogP contribution < -0.4 is 0 Å². The second-order valence-electron chi connectivity index (χ2n) is 6.21. The van der Waals surface area contributed by atoms with E-state index in [1.807, 2.05) is 17.9 Å². The summed E-state index contributed by atoms with van der Waals surface area (Å²) in [5, 5.41) is 4.19. The van der Waals surface area contributed by atoms with Gasteiger partial charge in [0.25, 0.3) is 0 Å². The normalized spacial score (nSPS) is 15.8. The fourth-order valence-electron chi connectivity index (χ4n) is 2.98. The molecule has 0 unspecified atom stereocenters. The van der Waals surface area contributed by atoms with E-state index in [0.29, 0.717) is 6.54 Å². The molecule has 0 radical (unpaired) electrons. The van der Waals surface area contributed by atoms with Gasteiger partial charge in [0.15, 0.2) is 0 Å². The van der Waals surface area contributed by atoms with Gasteiger partial charge in [-0.1, -0.05) is 24.3 Å². The summed E-state index contributed by atoms with van der Waals surface area (Å²) in [5.41, 5.74) is 3.73. The van der Waals surface area contributed by atoms with E-state index in [0.717, 1.165) is 38.4 Å². The molecule has 5 nitrogen and oxygen atoms in total. The molecule has 3 rings (SSSR count). The second-order valence-corrected chi connectivity index (χ2v) is 6.21. The third-order valence-electron chi connectivity index (χ3n) is 4.59. The number of aromatic nitrogens is 2. The smallest absolute Gasteiger partial charge is 0.244 e. The van der Waals surface area contributed by atoms with Gasteiger partial charge in [-0.05, 0) is 31.0 Å². The molecule has 0 atom stereocenters. The minimum absolute atomic E-state index is 0.160. The first-order valence-electron chi connectivity index (χ1n) is 8.16. The molecule has 1 aromatic carbocycles. The summed E-state index contributed by atoms with van der Waals surface area (Å²) in [5.74, 6) is 0.160. The Morgan fingerprint density at radius 1 is 1.09 bits per heavy atom. The molecule has 1 aliphatic heterocycles. The van der Waals surface area contributed by atoms with Crippen LogP contribution in [0.15, 0.2) is 36.5 Å². The van der Waals surface area contributed by atoms with Crippen LogP contribution in [0.5, 0.6) is 0 Å². The van der Waals surface area contributed by atoms with Gasteiger partial charge >= 0.3 is 0 Å². The zero-order valence-corrected chi connectivity index (χ0v) is 13.9. The molecule has 0 bridgehead atoms.